The number of aromatic nitrogens is 1. The number of amides is 1. The van der Waals surface area contributed by atoms with Crippen LogP contribution in [0.2, 0.25) is 0 Å². The van der Waals surface area contributed by atoms with Gasteiger partial charge < -0.3 is 14.2 Å². The largest absolute Gasteiger partial charge is 0.377 e. The minimum absolute atomic E-state index is 0.0471. The van der Waals surface area contributed by atoms with Gasteiger partial charge in [0.15, 0.2) is 0 Å². The summed E-state index contributed by atoms with van der Waals surface area (Å²) in [6.07, 6.45) is 5.57. The Morgan fingerprint density at radius 2 is 1.88 bits per heavy atom. The number of rotatable bonds is 3. The molecular formula is C28H30N2O2. The molecule has 0 saturated carbocycles. The highest BCUT2D eigenvalue weighted by molar-refractivity contribution is 6.06. The van der Waals surface area contributed by atoms with Gasteiger partial charge in [0, 0.05) is 36.8 Å². The van der Waals surface area contributed by atoms with Crippen molar-refractivity contribution < 1.29 is 9.53 Å². The molecule has 4 nitrogen and oxygen atoms in total. The first-order chi connectivity index (χ1) is 15.6. The zero-order valence-corrected chi connectivity index (χ0v) is 19.1. The molecule has 2 aliphatic rings. The Morgan fingerprint density at radius 1 is 1.03 bits per heavy atom. The summed E-state index contributed by atoms with van der Waals surface area (Å²) in [7, 11) is 1.79. The van der Waals surface area contributed by atoms with Crippen LogP contribution in [0.3, 0.4) is 0 Å². The van der Waals surface area contributed by atoms with E-state index in [-0.39, 0.29) is 12.0 Å². The number of carbonyl (C=O) groups is 1. The van der Waals surface area contributed by atoms with Gasteiger partial charge in [-0.25, -0.2) is 0 Å². The Balaban J connectivity index is 1.51. The van der Waals surface area contributed by atoms with E-state index in [4.69, 9.17) is 4.74 Å². The fourth-order valence-corrected chi connectivity index (χ4v) is 5.27. The third-order valence-corrected chi connectivity index (χ3v) is 7.05. The minimum Gasteiger partial charge on any atom is -0.377 e. The van der Waals surface area contributed by atoms with Crippen LogP contribution in [-0.4, -0.2) is 23.7 Å². The van der Waals surface area contributed by atoms with Crippen LogP contribution in [0, 0.1) is 6.92 Å². The molecule has 32 heavy (non-hydrogen) atoms. The number of aryl methyl sites for hydroxylation is 1. The van der Waals surface area contributed by atoms with Crippen molar-refractivity contribution in [2.75, 3.05) is 12.0 Å². The van der Waals surface area contributed by atoms with Gasteiger partial charge in [-0.1, -0.05) is 24.3 Å². The molecule has 1 atom stereocenters. The molecule has 164 valence electrons. The van der Waals surface area contributed by atoms with Crippen molar-refractivity contribution in [3.05, 3.63) is 94.3 Å². The molecular weight excluding hydrogens is 396 g/mol. The molecule has 2 aromatic carbocycles. The van der Waals surface area contributed by atoms with Crippen LogP contribution in [0.5, 0.6) is 0 Å². The van der Waals surface area contributed by atoms with E-state index in [0.717, 1.165) is 53.9 Å². The van der Waals surface area contributed by atoms with Gasteiger partial charge in [0.25, 0.3) is 5.91 Å². The standard InChI is InChI=1S/C28H30N2O2/c1-19-16-21(13-14-24(19)25-10-6-12-27(32-3)20(25)2)28(31)30-18-23-9-7-15-29(23)17-22-8-4-5-11-26(22)30/h4-5,7-9,11,13-16,27H,6,10,12,17-18H2,1-3H3. The van der Waals surface area contributed by atoms with Crippen LogP contribution < -0.4 is 4.90 Å². The van der Waals surface area contributed by atoms with E-state index >= 15 is 0 Å². The second-order valence-corrected chi connectivity index (χ2v) is 8.96. The molecule has 4 heteroatoms. The molecule has 0 N–H and O–H groups in total. The van der Waals surface area contributed by atoms with Gasteiger partial charge in [0.05, 0.1) is 12.6 Å². The number of methoxy groups -OCH3 is 1. The summed E-state index contributed by atoms with van der Waals surface area (Å²) < 4.78 is 7.91. The zero-order valence-electron chi connectivity index (χ0n) is 19.1. The summed E-state index contributed by atoms with van der Waals surface area (Å²) in [5.74, 6) is 0.0471. The maximum atomic E-state index is 13.7. The van der Waals surface area contributed by atoms with Crippen LogP contribution in [-0.2, 0) is 17.8 Å². The zero-order chi connectivity index (χ0) is 22.2. The first-order valence-electron chi connectivity index (χ1n) is 11.4. The lowest BCUT2D eigenvalue weighted by molar-refractivity contribution is 0.0984. The predicted molar refractivity (Wildman–Crippen MR) is 129 cm³/mol. The monoisotopic (exact) mass is 426 g/mol. The number of anilines is 1. The first-order valence-corrected chi connectivity index (χ1v) is 11.4. The van der Waals surface area contributed by atoms with Gasteiger partial charge >= 0.3 is 0 Å². The van der Waals surface area contributed by atoms with Crippen molar-refractivity contribution in [1.29, 1.82) is 0 Å². The minimum atomic E-state index is 0.0471. The number of benzene rings is 2. The van der Waals surface area contributed by atoms with Crippen molar-refractivity contribution >= 4 is 17.2 Å². The van der Waals surface area contributed by atoms with Crippen LogP contribution in [0.4, 0.5) is 5.69 Å². The molecule has 3 aromatic rings. The Bertz CT molecular complexity index is 1200. The van der Waals surface area contributed by atoms with E-state index in [1.165, 1.54) is 16.7 Å². The molecule has 0 spiro atoms. The lowest BCUT2D eigenvalue weighted by atomic mass is 9.84. The number of para-hydroxylation sites is 1. The molecule has 0 bridgehead atoms. The van der Waals surface area contributed by atoms with Crippen LogP contribution >= 0.6 is 0 Å². The highest BCUT2D eigenvalue weighted by atomic mass is 16.5. The molecule has 1 unspecified atom stereocenters. The topological polar surface area (TPSA) is 34.5 Å². The number of hydrogen-bond acceptors (Lipinski definition) is 2. The highest BCUT2D eigenvalue weighted by Crippen LogP contribution is 2.36. The second-order valence-electron chi connectivity index (χ2n) is 8.96. The van der Waals surface area contributed by atoms with Crippen molar-refractivity contribution in [2.24, 2.45) is 0 Å². The van der Waals surface area contributed by atoms with E-state index in [1.54, 1.807) is 7.11 Å². The molecule has 0 saturated heterocycles. The van der Waals surface area contributed by atoms with Gasteiger partial charge in [-0.05, 0) is 91.3 Å². The third kappa shape index (κ3) is 3.59. The Kier molecular flexibility index (Phi) is 5.48. The lowest BCUT2D eigenvalue weighted by Gasteiger charge is -2.27. The van der Waals surface area contributed by atoms with Crippen LogP contribution in [0.1, 0.15) is 58.9 Å². The predicted octanol–water partition coefficient (Wildman–Crippen LogP) is 5.98. The van der Waals surface area contributed by atoms with Gasteiger partial charge in [-0.15, -0.1) is 0 Å². The molecule has 0 radical (unpaired) electrons. The average Bonchev–Trinajstić information content (AvgIpc) is 3.18. The summed E-state index contributed by atoms with van der Waals surface area (Å²) in [5, 5.41) is 0. The molecule has 1 amide bonds. The summed E-state index contributed by atoms with van der Waals surface area (Å²) in [6.45, 7) is 5.66. The third-order valence-electron chi connectivity index (χ3n) is 7.05. The number of hydrogen-bond donors (Lipinski definition) is 0. The van der Waals surface area contributed by atoms with E-state index < -0.39 is 0 Å². The SMILES string of the molecule is COC1CCCC(c2ccc(C(=O)N3Cc4cccn4Cc4ccccc43)cc2C)=C1C. The summed E-state index contributed by atoms with van der Waals surface area (Å²) >= 11 is 0. The highest BCUT2D eigenvalue weighted by Gasteiger charge is 2.26. The van der Waals surface area contributed by atoms with E-state index in [9.17, 15) is 4.79 Å². The summed E-state index contributed by atoms with van der Waals surface area (Å²) in [6, 6.07) is 18.6. The molecule has 2 heterocycles. The summed E-state index contributed by atoms with van der Waals surface area (Å²) in [4.78, 5) is 15.7. The fraction of sp³-hybridized carbons (Fsp3) is 0.321. The number of carbonyl (C=O) groups excluding carboxylic acids is 1. The van der Waals surface area contributed by atoms with Crippen molar-refractivity contribution in [3.8, 4) is 0 Å². The maximum Gasteiger partial charge on any atom is 0.258 e. The number of allylic oxidation sites excluding steroid dienone is 1. The molecule has 1 aromatic heterocycles. The molecule has 1 aliphatic carbocycles. The average molecular weight is 427 g/mol. The molecule has 0 fully saturated rings. The fourth-order valence-electron chi connectivity index (χ4n) is 5.27. The Labute approximate surface area is 190 Å². The van der Waals surface area contributed by atoms with Gasteiger partial charge in [-0.3, -0.25) is 4.79 Å². The Morgan fingerprint density at radius 3 is 2.69 bits per heavy atom. The van der Waals surface area contributed by atoms with Crippen molar-refractivity contribution in [3.63, 3.8) is 0 Å². The van der Waals surface area contributed by atoms with E-state index in [2.05, 4.69) is 61.0 Å². The van der Waals surface area contributed by atoms with E-state index in [1.807, 2.05) is 23.1 Å². The number of nitrogens with zero attached hydrogens (tertiary/aromatic N) is 2. The quantitative estimate of drug-likeness (QED) is 0.516. The van der Waals surface area contributed by atoms with Crippen molar-refractivity contribution in [1.82, 2.24) is 4.57 Å². The smallest absolute Gasteiger partial charge is 0.258 e. The second kappa shape index (κ2) is 8.44. The molecule has 5 rings (SSSR count). The number of ether oxygens (including phenoxy) is 1. The van der Waals surface area contributed by atoms with Gasteiger partial charge in [0.1, 0.15) is 0 Å². The Hall–Kier alpha value is -3.11. The summed E-state index contributed by atoms with van der Waals surface area (Å²) in [5.41, 5.74) is 9.13. The van der Waals surface area contributed by atoms with Crippen LogP contribution in [0.15, 0.2) is 66.4 Å². The van der Waals surface area contributed by atoms with E-state index in [0.29, 0.717) is 6.54 Å². The molecule has 1 aliphatic heterocycles. The van der Waals surface area contributed by atoms with Gasteiger partial charge in [-0.2, -0.15) is 0 Å². The normalized spacial score (nSPS) is 18.2. The maximum absolute atomic E-state index is 13.7. The lowest BCUT2D eigenvalue weighted by Crippen LogP contribution is -2.30. The van der Waals surface area contributed by atoms with Crippen molar-refractivity contribution in [2.45, 2.75) is 52.3 Å². The number of fused-ring (bicyclic) bond motifs is 2. The first kappa shape index (κ1) is 20.8. The van der Waals surface area contributed by atoms with Crippen LogP contribution in [0.25, 0.3) is 5.57 Å². The van der Waals surface area contributed by atoms with Gasteiger partial charge in [0.2, 0.25) is 0 Å².